The summed E-state index contributed by atoms with van der Waals surface area (Å²) in [5.41, 5.74) is 0.515. The molecular formula is C23H23ClN2O6S. The first-order chi connectivity index (χ1) is 15.7. The Hall–Kier alpha value is -3.43. The number of sulfonamides is 1. The number of benzene rings is 3. The highest BCUT2D eigenvalue weighted by atomic mass is 35.5. The Balaban J connectivity index is 1.88. The number of carbonyl (C=O) groups is 1. The SMILES string of the molecule is COc1ccccc1Oc1ccc(Cl)cc1NC(=O)CN(c1ccccc1OC)S(C)(=O)=O. The number of nitrogens with zero attached hydrogens (tertiary/aromatic N) is 1. The summed E-state index contributed by atoms with van der Waals surface area (Å²) in [5, 5.41) is 3.05. The van der Waals surface area contributed by atoms with E-state index in [4.69, 9.17) is 25.8 Å². The lowest BCUT2D eigenvalue weighted by Gasteiger charge is -2.24. The average molecular weight is 491 g/mol. The number of carbonyl (C=O) groups excluding carboxylic acids is 1. The van der Waals surface area contributed by atoms with Crippen LogP contribution in [0.25, 0.3) is 0 Å². The molecule has 0 aromatic heterocycles. The minimum absolute atomic E-state index is 0.245. The third-order valence-electron chi connectivity index (χ3n) is 4.55. The van der Waals surface area contributed by atoms with Crippen LogP contribution in [0.15, 0.2) is 66.7 Å². The maximum absolute atomic E-state index is 12.9. The van der Waals surface area contributed by atoms with Gasteiger partial charge in [0.15, 0.2) is 17.2 Å². The van der Waals surface area contributed by atoms with Crippen LogP contribution in [0, 0.1) is 0 Å². The van der Waals surface area contributed by atoms with E-state index >= 15 is 0 Å². The topological polar surface area (TPSA) is 94.2 Å². The first kappa shape index (κ1) is 24.2. The van der Waals surface area contributed by atoms with Gasteiger partial charge in [-0.2, -0.15) is 0 Å². The van der Waals surface area contributed by atoms with Crippen LogP contribution in [-0.4, -0.2) is 41.3 Å². The van der Waals surface area contributed by atoms with E-state index < -0.39 is 22.5 Å². The van der Waals surface area contributed by atoms with Crippen molar-refractivity contribution in [3.8, 4) is 23.0 Å². The second kappa shape index (κ2) is 10.5. The van der Waals surface area contributed by atoms with Gasteiger partial charge in [-0.3, -0.25) is 9.10 Å². The number of methoxy groups -OCH3 is 2. The molecule has 3 aromatic rings. The van der Waals surface area contributed by atoms with Crippen molar-refractivity contribution in [2.45, 2.75) is 0 Å². The predicted molar refractivity (Wildman–Crippen MR) is 128 cm³/mol. The van der Waals surface area contributed by atoms with Gasteiger partial charge in [-0.25, -0.2) is 8.42 Å². The number of hydrogen-bond acceptors (Lipinski definition) is 6. The second-order valence-electron chi connectivity index (χ2n) is 6.88. The summed E-state index contributed by atoms with van der Waals surface area (Å²) in [5.74, 6) is 0.964. The Bertz CT molecular complexity index is 1250. The van der Waals surface area contributed by atoms with Crippen molar-refractivity contribution in [1.82, 2.24) is 0 Å². The van der Waals surface area contributed by atoms with Crippen molar-refractivity contribution in [3.63, 3.8) is 0 Å². The molecule has 0 fully saturated rings. The number of rotatable bonds is 9. The number of anilines is 2. The Morgan fingerprint density at radius 2 is 1.52 bits per heavy atom. The van der Waals surface area contributed by atoms with E-state index in [0.717, 1.165) is 10.6 Å². The normalized spacial score (nSPS) is 10.9. The van der Waals surface area contributed by atoms with Gasteiger partial charge in [0.25, 0.3) is 0 Å². The third kappa shape index (κ3) is 6.09. The molecule has 0 aliphatic heterocycles. The Labute approximate surface area is 197 Å². The fourth-order valence-electron chi connectivity index (χ4n) is 3.05. The van der Waals surface area contributed by atoms with Gasteiger partial charge in [0.2, 0.25) is 15.9 Å². The molecule has 1 N–H and O–H groups in total. The molecule has 33 heavy (non-hydrogen) atoms. The van der Waals surface area contributed by atoms with E-state index in [1.807, 2.05) is 0 Å². The van der Waals surface area contributed by atoms with E-state index in [0.29, 0.717) is 28.0 Å². The minimum atomic E-state index is -3.80. The number of para-hydroxylation sites is 4. The zero-order chi connectivity index (χ0) is 24.0. The summed E-state index contributed by atoms with van der Waals surface area (Å²) in [6.07, 6.45) is 1.02. The third-order valence-corrected chi connectivity index (χ3v) is 5.91. The molecule has 0 heterocycles. The lowest BCUT2D eigenvalue weighted by atomic mass is 10.2. The smallest absolute Gasteiger partial charge is 0.245 e. The number of ether oxygens (including phenoxy) is 3. The largest absolute Gasteiger partial charge is 0.495 e. The van der Waals surface area contributed by atoms with Crippen LogP contribution in [0.2, 0.25) is 5.02 Å². The van der Waals surface area contributed by atoms with E-state index in [2.05, 4.69) is 5.32 Å². The van der Waals surface area contributed by atoms with E-state index in [1.165, 1.54) is 20.3 Å². The van der Waals surface area contributed by atoms with Crippen molar-refractivity contribution in [2.24, 2.45) is 0 Å². The highest BCUT2D eigenvalue weighted by molar-refractivity contribution is 7.92. The van der Waals surface area contributed by atoms with Crippen LogP contribution >= 0.6 is 11.6 Å². The van der Waals surface area contributed by atoms with Crippen LogP contribution in [0.4, 0.5) is 11.4 Å². The fraction of sp³-hybridized carbons (Fsp3) is 0.174. The molecule has 10 heteroatoms. The van der Waals surface area contributed by atoms with Crippen molar-refractivity contribution in [3.05, 3.63) is 71.8 Å². The quantitative estimate of drug-likeness (QED) is 0.472. The van der Waals surface area contributed by atoms with Gasteiger partial charge in [0.05, 0.1) is 31.9 Å². The molecule has 174 valence electrons. The fourth-order valence-corrected chi connectivity index (χ4v) is 4.08. The zero-order valence-electron chi connectivity index (χ0n) is 18.2. The van der Waals surface area contributed by atoms with Crippen LogP contribution in [0.1, 0.15) is 0 Å². The van der Waals surface area contributed by atoms with Crippen molar-refractivity contribution in [1.29, 1.82) is 0 Å². The Morgan fingerprint density at radius 1 is 0.909 bits per heavy atom. The molecule has 0 saturated carbocycles. The van der Waals surface area contributed by atoms with Gasteiger partial charge in [-0.1, -0.05) is 35.9 Å². The molecule has 0 aliphatic rings. The van der Waals surface area contributed by atoms with Gasteiger partial charge in [0.1, 0.15) is 12.3 Å². The van der Waals surface area contributed by atoms with Crippen LogP contribution in [0.5, 0.6) is 23.0 Å². The predicted octanol–water partition coefficient (Wildman–Crippen LogP) is 4.55. The first-order valence-electron chi connectivity index (χ1n) is 9.74. The summed E-state index contributed by atoms with van der Waals surface area (Å²) in [6.45, 7) is -0.486. The van der Waals surface area contributed by atoms with Crippen LogP contribution < -0.4 is 23.8 Å². The molecule has 0 aliphatic carbocycles. The molecule has 0 radical (unpaired) electrons. The maximum atomic E-state index is 12.9. The van der Waals surface area contributed by atoms with Gasteiger partial charge in [-0.15, -0.1) is 0 Å². The van der Waals surface area contributed by atoms with E-state index in [-0.39, 0.29) is 11.4 Å². The molecule has 3 rings (SSSR count). The zero-order valence-corrected chi connectivity index (χ0v) is 19.8. The highest BCUT2D eigenvalue weighted by Gasteiger charge is 2.24. The van der Waals surface area contributed by atoms with E-state index in [1.54, 1.807) is 60.7 Å². The van der Waals surface area contributed by atoms with Crippen molar-refractivity contribution < 1.29 is 27.4 Å². The molecule has 0 bridgehead atoms. The second-order valence-corrected chi connectivity index (χ2v) is 9.23. The average Bonchev–Trinajstić information content (AvgIpc) is 2.79. The number of hydrogen-bond donors (Lipinski definition) is 1. The maximum Gasteiger partial charge on any atom is 0.245 e. The lowest BCUT2D eigenvalue weighted by Crippen LogP contribution is -2.37. The van der Waals surface area contributed by atoms with E-state index in [9.17, 15) is 13.2 Å². The summed E-state index contributed by atoms with van der Waals surface area (Å²) in [6, 6.07) is 18.3. The van der Waals surface area contributed by atoms with Gasteiger partial charge < -0.3 is 19.5 Å². The minimum Gasteiger partial charge on any atom is -0.495 e. The lowest BCUT2D eigenvalue weighted by molar-refractivity contribution is -0.114. The monoisotopic (exact) mass is 490 g/mol. The van der Waals surface area contributed by atoms with Gasteiger partial charge in [-0.05, 0) is 42.5 Å². The molecule has 0 spiro atoms. The standard InChI is InChI=1S/C23H23ClN2O6S/c1-30-20-9-5-4-8-18(20)26(33(3,28)29)15-23(27)25-17-14-16(24)12-13-19(17)32-22-11-7-6-10-21(22)31-2/h4-14H,15H2,1-3H3,(H,25,27). The molecule has 1 amide bonds. The molecular weight excluding hydrogens is 468 g/mol. The number of halogens is 1. The number of amides is 1. The number of nitrogens with one attached hydrogen (secondary N) is 1. The molecule has 0 unspecified atom stereocenters. The van der Waals surface area contributed by atoms with Gasteiger partial charge >= 0.3 is 0 Å². The van der Waals surface area contributed by atoms with Crippen LogP contribution in [-0.2, 0) is 14.8 Å². The summed E-state index contributed by atoms with van der Waals surface area (Å²) >= 11 is 6.12. The highest BCUT2D eigenvalue weighted by Crippen LogP contribution is 2.36. The van der Waals surface area contributed by atoms with Gasteiger partial charge in [0, 0.05) is 5.02 Å². The summed E-state index contributed by atoms with van der Waals surface area (Å²) in [7, 11) is -0.853. The Morgan fingerprint density at radius 3 is 2.15 bits per heavy atom. The van der Waals surface area contributed by atoms with Crippen molar-refractivity contribution >= 4 is 38.9 Å². The first-order valence-corrected chi connectivity index (χ1v) is 12.0. The molecule has 8 nitrogen and oxygen atoms in total. The molecule has 3 aromatic carbocycles. The van der Waals surface area contributed by atoms with Crippen molar-refractivity contribution in [2.75, 3.05) is 36.6 Å². The summed E-state index contributed by atoms with van der Waals surface area (Å²) in [4.78, 5) is 12.9. The molecule has 0 atom stereocenters. The molecule has 0 saturated heterocycles. The van der Waals surface area contributed by atoms with Crippen LogP contribution in [0.3, 0.4) is 0 Å². The summed E-state index contributed by atoms with van der Waals surface area (Å²) < 4.78 is 42.4. The Kier molecular flexibility index (Phi) is 7.67.